The standard InChI is InChI=1S/C21H31N5O2/c1-4-16(5-2)13-25-10-8-17(9-11-25)20-15-26(24-23-20)14-19-7-6-18(12-22-19)21(27)28-3/h6-7,12,15-17H,4-5,8-11,13-14H2,1-3H3. The molecule has 0 amide bonds. The third-order valence-electron chi connectivity index (χ3n) is 5.80. The summed E-state index contributed by atoms with van der Waals surface area (Å²) in [6.45, 7) is 8.63. The van der Waals surface area contributed by atoms with Gasteiger partial charge >= 0.3 is 5.97 Å². The molecule has 1 aliphatic heterocycles. The normalized spacial score (nSPS) is 15.9. The Balaban J connectivity index is 1.52. The topological polar surface area (TPSA) is 73.1 Å². The number of piperidine rings is 1. The Morgan fingerprint density at radius 3 is 2.61 bits per heavy atom. The Bertz CT molecular complexity index is 746. The number of esters is 1. The van der Waals surface area contributed by atoms with Crippen LogP contribution in [0.15, 0.2) is 24.5 Å². The summed E-state index contributed by atoms with van der Waals surface area (Å²) in [5.41, 5.74) is 2.36. The van der Waals surface area contributed by atoms with E-state index in [-0.39, 0.29) is 5.97 Å². The van der Waals surface area contributed by atoms with Gasteiger partial charge in [-0.1, -0.05) is 31.9 Å². The third-order valence-corrected chi connectivity index (χ3v) is 5.80. The maximum absolute atomic E-state index is 11.5. The van der Waals surface area contributed by atoms with Gasteiger partial charge in [0.1, 0.15) is 0 Å². The number of pyridine rings is 1. The van der Waals surface area contributed by atoms with Crippen LogP contribution >= 0.6 is 0 Å². The van der Waals surface area contributed by atoms with E-state index in [4.69, 9.17) is 4.74 Å². The number of hydrogen-bond acceptors (Lipinski definition) is 6. The minimum absolute atomic E-state index is 0.377. The van der Waals surface area contributed by atoms with Gasteiger partial charge in [-0.25, -0.2) is 9.48 Å². The first kappa shape index (κ1) is 20.5. The SMILES string of the molecule is CCC(CC)CN1CCC(c2cn(Cc3ccc(C(=O)OC)cn3)nn2)CC1. The number of rotatable bonds is 8. The molecule has 0 spiro atoms. The average Bonchev–Trinajstić information content (AvgIpc) is 3.21. The molecule has 1 saturated heterocycles. The van der Waals surface area contributed by atoms with Crippen molar-refractivity contribution in [1.82, 2.24) is 24.9 Å². The van der Waals surface area contributed by atoms with Crippen LogP contribution < -0.4 is 0 Å². The molecule has 0 aliphatic carbocycles. The maximum Gasteiger partial charge on any atom is 0.339 e. The highest BCUT2D eigenvalue weighted by molar-refractivity contribution is 5.88. The second kappa shape index (κ2) is 9.78. The van der Waals surface area contributed by atoms with Gasteiger partial charge < -0.3 is 9.64 Å². The van der Waals surface area contributed by atoms with E-state index in [1.165, 1.54) is 32.7 Å². The van der Waals surface area contributed by atoms with Crippen LogP contribution in [0.5, 0.6) is 0 Å². The summed E-state index contributed by atoms with van der Waals surface area (Å²) >= 11 is 0. The van der Waals surface area contributed by atoms with Crippen molar-refractivity contribution in [3.8, 4) is 0 Å². The number of methoxy groups -OCH3 is 1. The number of ether oxygens (including phenoxy) is 1. The molecule has 0 N–H and O–H groups in total. The molecule has 152 valence electrons. The number of likely N-dealkylation sites (tertiary alicyclic amines) is 1. The molecule has 0 radical (unpaired) electrons. The molecule has 7 nitrogen and oxygen atoms in total. The molecule has 1 fully saturated rings. The van der Waals surface area contributed by atoms with Gasteiger partial charge in [-0.15, -0.1) is 5.10 Å². The first-order valence-corrected chi connectivity index (χ1v) is 10.3. The molecule has 7 heteroatoms. The molecular weight excluding hydrogens is 354 g/mol. The molecule has 3 rings (SSSR count). The van der Waals surface area contributed by atoms with Crippen molar-refractivity contribution in [3.63, 3.8) is 0 Å². The quantitative estimate of drug-likeness (QED) is 0.650. The van der Waals surface area contributed by atoms with E-state index in [1.54, 1.807) is 6.07 Å². The van der Waals surface area contributed by atoms with Gasteiger partial charge in [0.15, 0.2) is 0 Å². The zero-order chi connectivity index (χ0) is 19.9. The summed E-state index contributed by atoms with van der Waals surface area (Å²) < 4.78 is 6.52. The smallest absolute Gasteiger partial charge is 0.339 e. The van der Waals surface area contributed by atoms with Crippen molar-refractivity contribution in [2.24, 2.45) is 5.92 Å². The van der Waals surface area contributed by atoms with Crippen LogP contribution in [0.1, 0.15) is 67.2 Å². The van der Waals surface area contributed by atoms with Gasteiger partial charge in [-0.05, 0) is 44.0 Å². The minimum atomic E-state index is -0.377. The fraction of sp³-hybridized carbons (Fsp3) is 0.619. The highest BCUT2D eigenvalue weighted by Crippen LogP contribution is 2.27. The van der Waals surface area contributed by atoms with E-state index in [9.17, 15) is 4.79 Å². The summed E-state index contributed by atoms with van der Waals surface area (Å²) in [6, 6.07) is 3.55. The van der Waals surface area contributed by atoms with Crippen LogP contribution in [0.2, 0.25) is 0 Å². The summed E-state index contributed by atoms with van der Waals surface area (Å²) in [6.07, 6.45) is 8.39. The first-order chi connectivity index (χ1) is 13.6. The lowest BCUT2D eigenvalue weighted by atomic mass is 9.93. The Morgan fingerprint density at radius 1 is 1.25 bits per heavy atom. The highest BCUT2D eigenvalue weighted by atomic mass is 16.5. The van der Waals surface area contributed by atoms with Crippen LogP contribution in [0.4, 0.5) is 0 Å². The molecule has 0 atom stereocenters. The van der Waals surface area contributed by atoms with Crippen molar-refractivity contribution < 1.29 is 9.53 Å². The van der Waals surface area contributed by atoms with E-state index < -0.39 is 0 Å². The van der Waals surface area contributed by atoms with Crippen molar-refractivity contribution >= 4 is 5.97 Å². The summed E-state index contributed by atoms with van der Waals surface area (Å²) in [4.78, 5) is 18.4. The van der Waals surface area contributed by atoms with Crippen LogP contribution in [0, 0.1) is 5.92 Å². The number of hydrogen-bond donors (Lipinski definition) is 0. The summed E-state index contributed by atoms with van der Waals surface area (Å²) in [5.74, 6) is 0.925. The lowest BCUT2D eigenvalue weighted by Gasteiger charge is -2.33. The lowest BCUT2D eigenvalue weighted by molar-refractivity contribution is 0.0600. The van der Waals surface area contributed by atoms with Crippen LogP contribution in [0.25, 0.3) is 0 Å². The molecule has 0 bridgehead atoms. The summed E-state index contributed by atoms with van der Waals surface area (Å²) in [7, 11) is 1.36. The van der Waals surface area contributed by atoms with Crippen molar-refractivity contribution in [3.05, 3.63) is 41.5 Å². The van der Waals surface area contributed by atoms with Crippen LogP contribution in [0.3, 0.4) is 0 Å². The molecule has 0 unspecified atom stereocenters. The number of carbonyl (C=O) groups excluding carboxylic acids is 1. The van der Waals surface area contributed by atoms with Crippen LogP contribution in [-0.4, -0.2) is 57.6 Å². The molecule has 3 heterocycles. The molecule has 2 aromatic rings. The fourth-order valence-corrected chi connectivity index (χ4v) is 3.82. The highest BCUT2D eigenvalue weighted by Gasteiger charge is 2.24. The lowest BCUT2D eigenvalue weighted by Crippen LogP contribution is -2.36. The zero-order valence-corrected chi connectivity index (χ0v) is 17.2. The molecule has 0 saturated carbocycles. The van der Waals surface area contributed by atoms with Gasteiger partial charge in [-0.2, -0.15) is 0 Å². The zero-order valence-electron chi connectivity index (χ0n) is 17.2. The second-order valence-corrected chi connectivity index (χ2v) is 7.63. The fourth-order valence-electron chi connectivity index (χ4n) is 3.82. The van der Waals surface area contributed by atoms with E-state index in [1.807, 2.05) is 16.9 Å². The Hall–Kier alpha value is -2.28. The van der Waals surface area contributed by atoms with E-state index in [0.29, 0.717) is 18.0 Å². The predicted octanol–water partition coefficient (Wildman–Crippen LogP) is 3.12. The molecule has 28 heavy (non-hydrogen) atoms. The number of carbonyl (C=O) groups is 1. The minimum Gasteiger partial charge on any atom is -0.465 e. The third kappa shape index (κ3) is 5.16. The first-order valence-electron chi connectivity index (χ1n) is 10.3. The predicted molar refractivity (Wildman–Crippen MR) is 107 cm³/mol. The van der Waals surface area contributed by atoms with Gasteiger partial charge in [0.05, 0.1) is 30.6 Å². The van der Waals surface area contributed by atoms with Gasteiger partial charge in [-0.3, -0.25) is 4.98 Å². The Morgan fingerprint density at radius 2 is 2.00 bits per heavy atom. The monoisotopic (exact) mass is 385 g/mol. The van der Waals surface area contributed by atoms with Gasteiger partial charge in [0, 0.05) is 24.9 Å². The van der Waals surface area contributed by atoms with E-state index in [0.717, 1.165) is 43.2 Å². The molecular formula is C21H31N5O2. The van der Waals surface area contributed by atoms with E-state index in [2.05, 4.69) is 34.0 Å². The number of nitrogens with zero attached hydrogens (tertiary/aromatic N) is 5. The summed E-state index contributed by atoms with van der Waals surface area (Å²) in [5, 5.41) is 8.68. The Kier molecular flexibility index (Phi) is 7.14. The molecule has 2 aromatic heterocycles. The largest absolute Gasteiger partial charge is 0.465 e. The van der Waals surface area contributed by atoms with E-state index >= 15 is 0 Å². The second-order valence-electron chi connectivity index (χ2n) is 7.63. The van der Waals surface area contributed by atoms with Gasteiger partial charge in [0.2, 0.25) is 0 Å². The molecule has 1 aliphatic rings. The van der Waals surface area contributed by atoms with Gasteiger partial charge in [0.25, 0.3) is 0 Å². The molecule has 0 aromatic carbocycles. The van der Waals surface area contributed by atoms with Crippen molar-refractivity contribution in [2.75, 3.05) is 26.7 Å². The Labute approximate surface area is 167 Å². The average molecular weight is 386 g/mol. The number of aromatic nitrogens is 4. The van der Waals surface area contributed by atoms with Crippen LogP contribution in [-0.2, 0) is 11.3 Å². The van der Waals surface area contributed by atoms with Crippen molar-refractivity contribution in [1.29, 1.82) is 0 Å². The maximum atomic E-state index is 11.5. The van der Waals surface area contributed by atoms with Crippen molar-refractivity contribution in [2.45, 2.75) is 52.0 Å².